The lowest BCUT2D eigenvalue weighted by atomic mass is 9.87. The van der Waals surface area contributed by atoms with Crippen molar-refractivity contribution in [3.8, 4) is 0 Å². The molecule has 1 amide bonds. The molecule has 9 nitrogen and oxygen atoms in total. The smallest absolute Gasteiger partial charge is 0.313 e. The fraction of sp³-hybridized carbons (Fsp3) is 0.250. The maximum Gasteiger partial charge on any atom is 0.416 e. The van der Waals surface area contributed by atoms with Crippen LogP contribution in [0.5, 0.6) is 0 Å². The van der Waals surface area contributed by atoms with Crippen LogP contribution >= 0.6 is 0 Å². The molecule has 0 spiro atoms. The fourth-order valence-corrected chi connectivity index (χ4v) is 4.37. The lowest BCUT2D eigenvalue weighted by molar-refractivity contribution is -0.137. The van der Waals surface area contributed by atoms with Crippen molar-refractivity contribution in [3.05, 3.63) is 94.6 Å². The number of nitrogens with one attached hydrogen (secondary N) is 2. The van der Waals surface area contributed by atoms with Crippen LogP contribution in [-0.4, -0.2) is 35.7 Å². The monoisotopic (exact) mass is 548 g/mol. The number of benzene rings is 3. The molecular weight excluding hydrogens is 521 g/mol. The number of halogens is 3. The highest BCUT2D eigenvalue weighted by atomic mass is 19.4. The Morgan fingerprint density at radius 2 is 1.62 bits per heavy atom. The Morgan fingerprint density at radius 1 is 0.950 bits per heavy atom. The van der Waals surface area contributed by atoms with Crippen molar-refractivity contribution in [2.24, 2.45) is 12.0 Å². The first-order valence-corrected chi connectivity index (χ1v) is 12.5. The zero-order valence-corrected chi connectivity index (χ0v) is 22.3. The lowest BCUT2D eigenvalue weighted by Gasteiger charge is -2.18. The highest BCUT2D eigenvalue weighted by Gasteiger charge is 2.31. The molecule has 206 valence electrons. The van der Waals surface area contributed by atoms with E-state index < -0.39 is 17.6 Å². The topological polar surface area (TPSA) is 106 Å². The van der Waals surface area contributed by atoms with Crippen molar-refractivity contribution in [2.45, 2.75) is 38.9 Å². The third-order valence-electron chi connectivity index (χ3n) is 6.59. The number of fused-ring (bicyclic) bond motifs is 1. The van der Waals surface area contributed by atoms with Crippen LogP contribution < -0.4 is 10.9 Å². The highest BCUT2D eigenvalue weighted by molar-refractivity contribution is 6.03. The van der Waals surface area contributed by atoms with Gasteiger partial charge in [0.1, 0.15) is 0 Å². The fourth-order valence-electron chi connectivity index (χ4n) is 4.37. The molecule has 5 aromatic rings. The normalized spacial score (nSPS) is 12.7. The summed E-state index contributed by atoms with van der Waals surface area (Å²) >= 11 is 0. The molecule has 2 heterocycles. The van der Waals surface area contributed by atoms with E-state index in [0.29, 0.717) is 27.9 Å². The van der Waals surface area contributed by atoms with Crippen molar-refractivity contribution in [1.82, 2.24) is 29.8 Å². The summed E-state index contributed by atoms with van der Waals surface area (Å²) < 4.78 is 44.4. The summed E-state index contributed by atoms with van der Waals surface area (Å²) in [7, 11) is 1.78. The number of aromatic nitrogens is 6. The van der Waals surface area contributed by atoms with Crippen LogP contribution in [0.2, 0.25) is 0 Å². The zero-order chi connectivity index (χ0) is 28.7. The predicted octanol–water partition coefficient (Wildman–Crippen LogP) is 5.34. The number of hydrogen-bond donors (Lipinski definition) is 2. The second-order valence-electron chi connectivity index (χ2n) is 10.5. The van der Waals surface area contributed by atoms with E-state index in [1.807, 2.05) is 24.3 Å². The first-order chi connectivity index (χ1) is 18.9. The molecule has 0 aliphatic carbocycles. The third-order valence-corrected chi connectivity index (χ3v) is 6.59. The minimum absolute atomic E-state index is 0.0269. The number of tetrazole rings is 1. The van der Waals surface area contributed by atoms with Crippen LogP contribution in [0, 0.1) is 0 Å². The number of hydrogen-bond acceptors (Lipinski definition) is 5. The molecule has 40 heavy (non-hydrogen) atoms. The Labute approximate surface area is 227 Å². The third kappa shape index (κ3) is 5.51. The number of carbonyl (C=O) groups is 1. The van der Waals surface area contributed by atoms with Gasteiger partial charge in [0.2, 0.25) is 11.6 Å². The van der Waals surface area contributed by atoms with Crippen LogP contribution in [0.3, 0.4) is 0 Å². The van der Waals surface area contributed by atoms with Gasteiger partial charge < -0.3 is 9.13 Å². The van der Waals surface area contributed by atoms with Crippen LogP contribution in [0.1, 0.15) is 47.8 Å². The second kappa shape index (κ2) is 10.1. The first kappa shape index (κ1) is 26.9. The number of carbonyl (C=O) groups excluding carboxylic acids is 1. The number of rotatable bonds is 5. The minimum atomic E-state index is -4.49. The minimum Gasteiger partial charge on any atom is -0.313 e. The summed E-state index contributed by atoms with van der Waals surface area (Å²) in [5.74, 6) is -0.297. The molecule has 3 aromatic carbocycles. The molecule has 0 bridgehead atoms. The number of anilines is 1. The maximum absolute atomic E-state index is 13.6. The van der Waals surface area contributed by atoms with E-state index in [9.17, 15) is 18.0 Å². The van der Waals surface area contributed by atoms with E-state index in [1.165, 1.54) is 6.07 Å². The van der Waals surface area contributed by atoms with Crippen LogP contribution in [0.15, 0.2) is 71.7 Å². The number of imidazole rings is 1. The average molecular weight is 549 g/mol. The van der Waals surface area contributed by atoms with E-state index in [0.717, 1.165) is 23.3 Å². The van der Waals surface area contributed by atoms with Gasteiger partial charge in [0.05, 0.1) is 28.8 Å². The largest absolute Gasteiger partial charge is 0.416 e. The van der Waals surface area contributed by atoms with Crippen molar-refractivity contribution < 1.29 is 18.0 Å². The van der Waals surface area contributed by atoms with Crippen LogP contribution in [0.25, 0.3) is 11.0 Å². The molecule has 2 aromatic heterocycles. The highest BCUT2D eigenvalue weighted by Crippen LogP contribution is 2.31. The first-order valence-electron chi connectivity index (χ1n) is 12.5. The van der Waals surface area contributed by atoms with Gasteiger partial charge in [-0.05, 0) is 69.4 Å². The summed E-state index contributed by atoms with van der Waals surface area (Å²) in [5.41, 5.74) is 3.68. The van der Waals surface area contributed by atoms with Crippen molar-refractivity contribution in [2.75, 3.05) is 5.32 Å². The Balaban J connectivity index is 1.56. The summed E-state index contributed by atoms with van der Waals surface area (Å²) in [5, 5.41) is 15.4. The molecule has 0 fully saturated rings. The standard InChI is InChI=1S/C28H27F3N8O/c1-27(2,3)19-9-12-21(13-10-19)32-26-38(4)22-14-11-20(28(29,30)31)15-23(22)39(26)16-17-5-7-18(8-6-17)24(40)33-25-34-36-37-35-25/h5-15H,16H2,1-4H3,(H2,33,34,35,36,37,40)/b32-26+. The molecule has 2 N–H and O–H groups in total. The molecule has 5 rings (SSSR count). The average Bonchev–Trinajstić information content (AvgIpc) is 3.50. The predicted molar refractivity (Wildman–Crippen MR) is 144 cm³/mol. The Kier molecular flexibility index (Phi) is 6.78. The van der Waals surface area contributed by atoms with E-state index >= 15 is 0 Å². The Morgan fingerprint density at radius 3 is 2.23 bits per heavy atom. The molecule has 0 saturated heterocycles. The number of aryl methyl sites for hydroxylation is 1. The van der Waals surface area contributed by atoms with Gasteiger partial charge in [-0.15, -0.1) is 0 Å². The Bertz CT molecular complexity index is 1720. The van der Waals surface area contributed by atoms with Gasteiger partial charge in [-0.3, -0.25) is 10.1 Å². The number of H-pyrrole nitrogens is 1. The van der Waals surface area contributed by atoms with Crippen molar-refractivity contribution in [3.63, 3.8) is 0 Å². The molecule has 12 heteroatoms. The van der Waals surface area contributed by atoms with E-state index in [-0.39, 0.29) is 17.9 Å². The van der Waals surface area contributed by atoms with Crippen molar-refractivity contribution in [1.29, 1.82) is 0 Å². The van der Waals surface area contributed by atoms with E-state index in [1.54, 1.807) is 40.4 Å². The van der Waals surface area contributed by atoms with Gasteiger partial charge in [-0.25, -0.2) is 10.1 Å². The molecule has 0 unspecified atom stereocenters. The van der Waals surface area contributed by atoms with Crippen LogP contribution in [0.4, 0.5) is 24.8 Å². The molecule has 0 saturated carbocycles. The molecule has 0 atom stereocenters. The molecular formula is C28H27F3N8O. The van der Waals surface area contributed by atoms with Gasteiger partial charge in [-0.2, -0.15) is 13.2 Å². The maximum atomic E-state index is 13.6. The second-order valence-corrected chi connectivity index (χ2v) is 10.5. The van der Waals surface area contributed by atoms with Gasteiger partial charge in [0.25, 0.3) is 5.91 Å². The molecule has 0 radical (unpaired) electrons. The van der Waals surface area contributed by atoms with E-state index in [2.05, 4.69) is 46.7 Å². The molecule has 0 aliphatic heterocycles. The summed E-state index contributed by atoms with van der Waals surface area (Å²) in [6, 6.07) is 18.2. The summed E-state index contributed by atoms with van der Waals surface area (Å²) in [4.78, 5) is 17.3. The SMILES string of the molecule is Cn1/c(=N\c2ccc(C(C)(C)C)cc2)n(Cc2ccc(C(=O)Nc3nnn[nH]3)cc2)c2cc(C(F)(F)F)ccc21. The van der Waals surface area contributed by atoms with E-state index in [4.69, 9.17) is 4.99 Å². The number of aromatic amines is 1. The number of amides is 1. The van der Waals surface area contributed by atoms with Gasteiger partial charge in [-0.1, -0.05) is 50.1 Å². The van der Waals surface area contributed by atoms with Gasteiger partial charge in [0.15, 0.2) is 0 Å². The number of alkyl halides is 3. The zero-order valence-electron chi connectivity index (χ0n) is 22.3. The molecule has 0 aliphatic rings. The van der Waals surface area contributed by atoms with Gasteiger partial charge in [0, 0.05) is 12.6 Å². The van der Waals surface area contributed by atoms with Gasteiger partial charge >= 0.3 is 6.18 Å². The van der Waals surface area contributed by atoms with Crippen LogP contribution in [-0.2, 0) is 25.2 Å². The van der Waals surface area contributed by atoms with Crippen molar-refractivity contribution >= 4 is 28.6 Å². The number of nitrogens with zero attached hydrogens (tertiary/aromatic N) is 6. The Hall–Kier alpha value is -4.74. The lowest BCUT2D eigenvalue weighted by Crippen LogP contribution is -2.24. The summed E-state index contributed by atoms with van der Waals surface area (Å²) in [6.45, 7) is 6.59. The quantitative estimate of drug-likeness (QED) is 0.309. The summed E-state index contributed by atoms with van der Waals surface area (Å²) in [6.07, 6.45) is -4.49.